The summed E-state index contributed by atoms with van der Waals surface area (Å²) in [4.78, 5) is 24.9. The molecule has 0 unspecified atom stereocenters. The maximum atomic E-state index is 12.6. The van der Waals surface area contributed by atoms with Crippen molar-refractivity contribution in [3.05, 3.63) is 77.0 Å². The van der Waals surface area contributed by atoms with Gasteiger partial charge in [0.25, 0.3) is 5.91 Å². The number of hydrogen-bond donors (Lipinski definition) is 2. The zero-order valence-corrected chi connectivity index (χ0v) is 19.8. The standard InChI is InChI=1S/C24H24N4O5S/c1-4-26-34(31,32)20-12-10-18(11-13-20)24(30)33-15-22(29)27-23-21(14-25)16(2)17(3)28(23)19-8-6-5-7-9-19/h5-13,26H,4,15H2,1-3H3,(H,27,29). The van der Waals surface area contributed by atoms with Crippen molar-refractivity contribution < 1.29 is 22.7 Å². The number of ether oxygens (including phenoxy) is 1. The second-order valence-electron chi connectivity index (χ2n) is 7.37. The predicted molar refractivity (Wildman–Crippen MR) is 126 cm³/mol. The molecule has 0 atom stereocenters. The molecule has 3 aromatic rings. The highest BCUT2D eigenvalue weighted by atomic mass is 32.2. The van der Waals surface area contributed by atoms with Gasteiger partial charge in [0.15, 0.2) is 6.61 Å². The van der Waals surface area contributed by atoms with Crippen molar-refractivity contribution in [3.63, 3.8) is 0 Å². The van der Waals surface area contributed by atoms with E-state index in [1.165, 1.54) is 24.3 Å². The highest BCUT2D eigenvalue weighted by molar-refractivity contribution is 7.89. The first-order chi connectivity index (χ1) is 16.2. The summed E-state index contributed by atoms with van der Waals surface area (Å²) in [5.41, 5.74) is 2.71. The average Bonchev–Trinajstić information content (AvgIpc) is 3.06. The quantitative estimate of drug-likeness (QED) is 0.477. The van der Waals surface area contributed by atoms with E-state index in [0.29, 0.717) is 11.4 Å². The van der Waals surface area contributed by atoms with E-state index in [9.17, 15) is 23.3 Å². The summed E-state index contributed by atoms with van der Waals surface area (Å²) in [5.74, 6) is -1.11. The van der Waals surface area contributed by atoms with Crippen LogP contribution in [-0.4, -0.2) is 38.0 Å². The minimum atomic E-state index is -3.64. The van der Waals surface area contributed by atoms with Gasteiger partial charge in [0, 0.05) is 17.9 Å². The van der Waals surface area contributed by atoms with Crippen LogP contribution in [0.1, 0.15) is 34.1 Å². The second-order valence-corrected chi connectivity index (χ2v) is 9.13. The number of para-hydroxylation sites is 1. The third kappa shape index (κ3) is 5.17. The molecule has 0 saturated carbocycles. The summed E-state index contributed by atoms with van der Waals surface area (Å²) < 4.78 is 33.2. The molecule has 3 rings (SSSR count). The molecule has 0 fully saturated rings. The molecule has 1 heterocycles. The van der Waals surface area contributed by atoms with E-state index in [2.05, 4.69) is 16.1 Å². The number of hydrogen-bond acceptors (Lipinski definition) is 6. The molecule has 1 amide bonds. The topological polar surface area (TPSA) is 130 Å². The highest BCUT2D eigenvalue weighted by Gasteiger charge is 2.21. The van der Waals surface area contributed by atoms with Crippen LogP contribution in [-0.2, 0) is 19.6 Å². The lowest BCUT2D eigenvalue weighted by molar-refractivity contribution is -0.119. The number of nitrogens with zero attached hydrogens (tertiary/aromatic N) is 2. The number of benzene rings is 2. The summed E-state index contributed by atoms with van der Waals surface area (Å²) in [6.45, 7) is 4.95. The Kier molecular flexibility index (Phi) is 7.50. The maximum Gasteiger partial charge on any atom is 0.338 e. The Morgan fingerprint density at radius 1 is 1.06 bits per heavy atom. The normalized spacial score (nSPS) is 11.0. The van der Waals surface area contributed by atoms with Crippen LogP contribution in [0.2, 0.25) is 0 Å². The lowest BCUT2D eigenvalue weighted by Crippen LogP contribution is -2.23. The Morgan fingerprint density at radius 3 is 2.29 bits per heavy atom. The van der Waals surface area contributed by atoms with Gasteiger partial charge in [0.1, 0.15) is 11.9 Å². The number of esters is 1. The molecule has 0 saturated heterocycles. The van der Waals surface area contributed by atoms with Gasteiger partial charge in [-0.1, -0.05) is 25.1 Å². The van der Waals surface area contributed by atoms with E-state index >= 15 is 0 Å². The molecule has 0 radical (unpaired) electrons. The first kappa shape index (κ1) is 24.7. The number of aromatic nitrogens is 1. The fourth-order valence-electron chi connectivity index (χ4n) is 3.39. The monoisotopic (exact) mass is 480 g/mol. The Balaban J connectivity index is 1.73. The van der Waals surface area contributed by atoms with E-state index in [-0.39, 0.29) is 17.0 Å². The summed E-state index contributed by atoms with van der Waals surface area (Å²) in [6.07, 6.45) is 0. The Bertz CT molecular complexity index is 1360. The van der Waals surface area contributed by atoms with Crippen molar-refractivity contribution >= 4 is 27.7 Å². The molecular weight excluding hydrogens is 456 g/mol. The van der Waals surface area contributed by atoms with Crippen LogP contribution in [0.5, 0.6) is 0 Å². The second kappa shape index (κ2) is 10.3. The van der Waals surface area contributed by atoms with Crippen LogP contribution in [0.3, 0.4) is 0 Å². The number of nitriles is 1. The van der Waals surface area contributed by atoms with E-state index in [4.69, 9.17) is 4.74 Å². The molecule has 0 aliphatic heterocycles. The molecule has 176 valence electrons. The molecule has 0 aliphatic carbocycles. The smallest absolute Gasteiger partial charge is 0.338 e. The number of nitrogens with one attached hydrogen (secondary N) is 2. The van der Waals surface area contributed by atoms with E-state index < -0.39 is 28.5 Å². The van der Waals surface area contributed by atoms with Gasteiger partial charge in [-0.05, 0) is 55.8 Å². The van der Waals surface area contributed by atoms with E-state index in [1.807, 2.05) is 37.3 Å². The molecule has 1 aromatic heterocycles. The van der Waals surface area contributed by atoms with Gasteiger partial charge >= 0.3 is 5.97 Å². The number of carbonyl (C=O) groups is 2. The molecular formula is C24H24N4O5S. The van der Waals surface area contributed by atoms with Crippen LogP contribution < -0.4 is 10.0 Å². The molecule has 2 N–H and O–H groups in total. The Hall–Kier alpha value is -3.94. The fraction of sp³-hybridized carbons (Fsp3) is 0.208. The summed E-state index contributed by atoms with van der Waals surface area (Å²) in [7, 11) is -3.64. The van der Waals surface area contributed by atoms with Gasteiger partial charge < -0.3 is 10.1 Å². The number of sulfonamides is 1. The van der Waals surface area contributed by atoms with Crippen molar-refractivity contribution in [3.8, 4) is 11.8 Å². The fourth-order valence-corrected chi connectivity index (χ4v) is 4.43. The third-order valence-corrected chi connectivity index (χ3v) is 6.73. The average molecular weight is 481 g/mol. The summed E-state index contributed by atoms with van der Waals surface area (Å²) in [6, 6.07) is 16.6. The largest absolute Gasteiger partial charge is 0.452 e. The van der Waals surface area contributed by atoms with Crippen molar-refractivity contribution in [2.75, 3.05) is 18.5 Å². The number of carbonyl (C=O) groups excluding carboxylic acids is 2. The van der Waals surface area contributed by atoms with E-state index in [1.54, 1.807) is 18.4 Å². The zero-order valence-electron chi connectivity index (χ0n) is 19.0. The van der Waals surface area contributed by atoms with Gasteiger partial charge in [0.05, 0.1) is 16.0 Å². The molecule has 2 aromatic carbocycles. The summed E-state index contributed by atoms with van der Waals surface area (Å²) >= 11 is 0. The number of amides is 1. The van der Waals surface area contributed by atoms with Crippen LogP contribution in [0.15, 0.2) is 59.5 Å². The first-order valence-electron chi connectivity index (χ1n) is 10.4. The highest BCUT2D eigenvalue weighted by Crippen LogP contribution is 2.29. The molecule has 34 heavy (non-hydrogen) atoms. The van der Waals surface area contributed by atoms with Crippen LogP contribution in [0.4, 0.5) is 5.82 Å². The number of rotatable bonds is 8. The van der Waals surface area contributed by atoms with Gasteiger partial charge in [-0.25, -0.2) is 17.9 Å². The minimum Gasteiger partial charge on any atom is -0.452 e. The van der Waals surface area contributed by atoms with Gasteiger partial charge in [0.2, 0.25) is 10.0 Å². The first-order valence-corrected chi connectivity index (χ1v) is 11.9. The number of anilines is 1. The van der Waals surface area contributed by atoms with Crippen LogP contribution in [0, 0.1) is 25.2 Å². The lowest BCUT2D eigenvalue weighted by atomic mass is 10.2. The third-order valence-electron chi connectivity index (χ3n) is 5.17. The van der Waals surface area contributed by atoms with Crippen LogP contribution >= 0.6 is 0 Å². The molecule has 0 aliphatic rings. The Labute approximate surface area is 198 Å². The zero-order chi connectivity index (χ0) is 24.9. The lowest BCUT2D eigenvalue weighted by Gasteiger charge is -2.13. The summed E-state index contributed by atoms with van der Waals surface area (Å²) in [5, 5.41) is 12.3. The van der Waals surface area contributed by atoms with Crippen molar-refractivity contribution in [1.82, 2.24) is 9.29 Å². The van der Waals surface area contributed by atoms with Crippen molar-refractivity contribution in [2.45, 2.75) is 25.7 Å². The van der Waals surface area contributed by atoms with Gasteiger partial charge in [-0.2, -0.15) is 5.26 Å². The van der Waals surface area contributed by atoms with Gasteiger partial charge in [-0.3, -0.25) is 9.36 Å². The molecule has 0 spiro atoms. The molecule has 9 nitrogen and oxygen atoms in total. The Morgan fingerprint density at radius 2 is 1.71 bits per heavy atom. The van der Waals surface area contributed by atoms with E-state index in [0.717, 1.165) is 16.9 Å². The molecule has 10 heteroatoms. The maximum absolute atomic E-state index is 12.6. The molecule has 0 bridgehead atoms. The van der Waals surface area contributed by atoms with Crippen LogP contribution in [0.25, 0.3) is 5.69 Å². The minimum absolute atomic E-state index is 0.0140. The predicted octanol–water partition coefficient (Wildman–Crippen LogP) is 3.06. The van der Waals surface area contributed by atoms with Crippen molar-refractivity contribution in [1.29, 1.82) is 5.26 Å². The SMILES string of the molecule is CCNS(=O)(=O)c1ccc(C(=O)OCC(=O)Nc2c(C#N)c(C)c(C)n2-c2ccccc2)cc1. The van der Waals surface area contributed by atoms with Gasteiger partial charge in [-0.15, -0.1) is 0 Å². The van der Waals surface area contributed by atoms with Crippen molar-refractivity contribution in [2.24, 2.45) is 0 Å².